The molecule has 3 heteroatoms. The normalized spacial score (nSPS) is 10.2. The highest BCUT2D eigenvalue weighted by Gasteiger charge is 2.00. The number of benzene rings is 1. The minimum atomic E-state index is 0.466. The zero-order valence-electron chi connectivity index (χ0n) is 9.69. The van der Waals surface area contributed by atoms with E-state index in [9.17, 15) is 0 Å². The van der Waals surface area contributed by atoms with E-state index in [4.69, 9.17) is 16.3 Å². The van der Waals surface area contributed by atoms with Gasteiger partial charge in [-0.3, -0.25) is 0 Å². The number of nitrogens with zero attached hydrogens (tertiary/aromatic N) is 1. The van der Waals surface area contributed by atoms with Crippen molar-refractivity contribution < 1.29 is 4.74 Å². The molecule has 0 spiro atoms. The molecule has 1 aromatic carbocycles. The van der Waals surface area contributed by atoms with Crippen LogP contribution in [0.1, 0.15) is 18.1 Å². The molecular weight excluding hydrogens is 234 g/mol. The van der Waals surface area contributed by atoms with Gasteiger partial charge in [-0.2, -0.15) is 0 Å². The van der Waals surface area contributed by atoms with E-state index in [0.29, 0.717) is 11.8 Å². The van der Waals surface area contributed by atoms with Crippen molar-refractivity contribution in [1.82, 2.24) is 4.98 Å². The van der Waals surface area contributed by atoms with Gasteiger partial charge in [-0.1, -0.05) is 19.1 Å². The fourth-order valence-electron chi connectivity index (χ4n) is 1.54. The molecular formula is C14H14ClNO. The Bertz CT molecular complexity index is 454. The third-order valence-electron chi connectivity index (χ3n) is 2.48. The molecule has 0 atom stereocenters. The van der Waals surface area contributed by atoms with Gasteiger partial charge in [0.15, 0.2) is 0 Å². The smallest absolute Gasteiger partial charge is 0.219 e. The summed E-state index contributed by atoms with van der Waals surface area (Å²) in [5.74, 6) is 1.86. The Labute approximate surface area is 106 Å². The number of aromatic nitrogens is 1. The minimum absolute atomic E-state index is 0.466. The van der Waals surface area contributed by atoms with Crippen LogP contribution >= 0.6 is 11.6 Å². The van der Waals surface area contributed by atoms with Crippen LogP contribution in [0, 0.1) is 0 Å². The van der Waals surface area contributed by atoms with Crippen LogP contribution in [-0.2, 0) is 12.3 Å². The average Bonchev–Trinajstić information content (AvgIpc) is 2.39. The topological polar surface area (TPSA) is 22.1 Å². The van der Waals surface area contributed by atoms with E-state index in [2.05, 4.69) is 18.0 Å². The molecule has 0 aliphatic carbocycles. The first-order chi connectivity index (χ1) is 8.31. The van der Waals surface area contributed by atoms with E-state index in [1.807, 2.05) is 30.3 Å². The summed E-state index contributed by atoms with van der Waals surface area (Å²) in [5.41, 5.74) is 2.25. The van der Waals surface area contributed by atoms with Crippen LogP contribution in [0.4, 0.5) is 0 Å². The quantitative estimate of drug-likeness (QED) is 0.757. The fraction of sp³-hybridized carbons (Fsp3) is 0.214. The average molecular weight is 248 g/mol. The van der Waals surface area contributed by atoms with Crippen LogP contribution < -0.4 is 4.74 Å². The Balaban J connectivity index is 2.18. The fourth-order valence-corrected chi connectivity index (χ4v) is 1.71. The Morgan fingerprint density at radius 1 is 1.18 bits per heavy atom. The van der Waals surface area contributed by atoms with Crippen LogP contribution in [0.3, 0.4) is 0 Å². The molecule has 17 heavy (non-hydrogen) atoms. The van der Waals surface area contributed by atoms with Crippen molar-refractivity contribution in [2.24, 2.45) is 0 Å². The van der Waals surface area contributed by atoms with Crippen molar-refractivity contribution in [3.05, 3.63) is 53.7 Å². The lowest BCUT2D eigenvalue weighted by atomic mass is 10.2. The van der Waals surface area contributed by atoms with Crippen molar-refractivity contribution in [3.8, 4) is 11.6 Å². The molecule has 0 bridgehead atoms. The minimum Gasteiger partial charge on any atom is -0.439 e. The van der Waals surface area contributed by atoms with Crippen LogP contribution in [0.2, 0.25) is 0 Å². The third kappa shape index (κ3) is 3.21. The SMILES string of the molecule is CCc1cccc(Oc2cc(CCl)ccn2)c1. The summed E-state index contributed by atoms with van der Waals surface area (Å²) in [4.78, 5) is 4.16. The van der Waals surface area contributed by atoms with E-state index in [0.717, 1.165) is 17.7 Å². The molecule has 2 nitrogen and oxygen atoms in total. The number of ether oxygens (including phenoxy) is 1. The van der Waals surface area contributed by atoms with Crippen molar-refractivity contribution in [2.45, 2.75) is 19.2 Å². The third-order valence-corrected chi connectivity index (χ3v) is 2.79. The zero-order valence-corrected chi connectivity index (χ0v) is 10.4. The molecule has 1 aromatic heterocycles. The summed E-state index contributed by atoms with van der Waals surface area (Å²) in [6.45, 7) is 2.12. The molecule has 0 aliphatic heterocycles. The highest BCUT2D eigenvalue weighted by molar-refractivity contribution is 6.17. The molecule has 0 saturated carbocycles. The highest BCUT2D eigenvalue weighted by Crippen LogP contribution is 2.21. The van der Waals surface area contributed by atoms with Gasteiger partial charge in [-0.05, 0) is 35.7 Å². The van der Waals surface area contributed by atoms with E-state index in [-0.39, 0.29) is 0 Å². The van der Waals surface area contributed by atoms with Gasteiger partial charge < -0.3 is 4.74 Å². The lowest BCUT2D eigenvalue weighted by Gasteiger charge is -2.06. The van der Waals surface area contributed by atoms with Gasteiger partial charge >= 0.3 is 0 Å². The predicted octanol–water partition coefficient (Wildman–Crippen LogP) is 4.18. The van der Waals surface area contributed by atoms with Crippen molar-refractivity contribution >= 4 is 11.6 Å². The van der Waals surface area contributed by atoms with Crippen molar-refractivity contribution in [3.63, 3.8) is 0 Å². The standard InChI is InChI=1S/C14H14ClNO/c1-2-11-4-3-5-13(8-11)17-14-9-12(10-15)6-7-16-14/h3-9H,2,10H2,1H3. The first kappa shape index (κ1) is 11.9. The Morgan fingerprint density at radius 2 is 2.06 bits per heavy atom. The number of aryl methyl sites for hydroxylation is 1. The second kappa shape index (κ2) is 5.69. The lowest BCUT2D eigenvalue weighted by molar-refractivity contribution is 0.462. The van der Waals surface area contributed by atoms with E-state index in [1.54, 1.807) is 6.20 Å². The molecule has 0 N–H and O–H groups in total. The maximum atomic E-state index is 5.77. The Hall–Kier alpha value is -1.54. The monoisotopic (exact) mass is 247 g/mol. The summed E-state index contributed by atoms with van der Waals surface area (Å²) in [5, 5.41) is 0. The zero-order chi connectivity index (χ0) is 12.1. The first-order valence-corrected chi connectivity index (χ1v) is 6.13. The first-order valence-electron chi connectivity index (χ1n) is 5.59. The summed E-state index contributed by atoms with van der Waals surface area (Å²) < 4.78 is 5.69. The van der Waals surface area contributed by atoms with Gasteiger partial charge in [0.05, 0.1) is 0 Å². The second-order valence-corrected chi connectivity index (χ2v) is 4.01. The second-order valence-electron chi connectivity index (χ2n) is 3.74. The van der Waals surface area contributed by atoms with Gasteiger partial charge in [0.2, 0.25) is 5.88 Å². The van der Waals surface area contributed by atoms with Crippen LogP contribution in [0.15, 0.2) is 42.6 Å². The molecule has 2 aromatic rings. The molecule has 0 fully saturated rings. The summed E-state index contributed by atoms with van der Waals surface area (Å²) in [6, 6.07) is 11.7. The highest BCUT2D eigenvalue weighted by atomic mass is 35.5. The maximum absolute atomic E-state index is 5.77. The largest absolute Gasteiger partial charge is 0.439 e. The Kier molecular flexibility index (Phi) is 3.99. The molecule has 0 aliphatic rings. The van der Waals surface area contributed by atoms with Gasteiger partial charge in [0.25, 0.3) is 0 Å². The number of halogens is 1. The van der Waals surface area contributed by atoms with E-state index >= 15 is 0 Å². The lowest BCUT2D eigenvalue weighted by Crippen LogP contribution is -1.90. The maximum Gasteiger partial charge on any atom is 0.219 e. The van der Waals surface area contributed by atoms with Crippen molar-refractivity contribution in [1.29, 1.82) is 0 Å². The Morgan fingerprint density at radius 3 is 2.82 bits per heavy atom. The summed E-state index contributed by atoms with van der Waals surface area (Å²) >= 11 is 5.77. The summed E-state index contributed by atoms with van der Waals surface area (Å²) in [6.07, 6.45) is 2.70. The molecule has 0 amide bonds. The molecule has 88 valence electrons. The van der Waals surface area contributed by atoms with Gasteiger partial charge in [0, 0.05) is 18.1 Å². The van der Waals surface area contributed by atoms with Crippen molar-refractivity contribution in [2.75, 3.05) is 0 Å². The summed E-state index contributed by atoms with van der Waals surface area (Å²) in [7, 11) is 0. The molecule has 2 rings (SSSR count). The number of rotatable bonds is 4. The van der Waals surface area contributed by atoms with Gasteiger partial charge in [-0.25, -0.2) is 4.98 Å². The number of hydrogen-bond donors (Lipinski definition) is 0. The van der Waals surface area contributed by atoms with Gasteiger partial charge in [0.1, 0.15) is 5.75 Å². The molecule has 0 saturated heterocycles. The number of hydrogen-bond acceptors (Lipinski definition) is 2. The molecule has 0 radical (unpaired) electrons. The molecule has 1 heterocycles. The molecule has 0 unspecified atom stereocenters. The number of pyridine rings is 1. The van der Waals surface area contributed by atoms with Crippen LogP contribution in [-0.4, -0.2) is 4.98 Å². The van der Waals surface area contributed by atoms with Crippen LogP contribution in [0.25, 0.3) is 0 Å². The van der Waals surface area contributed by atoms with E-state index < -0.39 is 0 Å². The van der Waals surface area contributed by atoms with E-state index in [1.165, 1.54) is 5.56 Å². The van der Waals surface area contributed by atoms with Gasteiger partial charge in [-0.15, -0.1) is 11.6 Å². The predicted molar refractivity (Wildman–Crippen MR) is 69.7 cm³/mol. The number of alkyl halides is 1. The van der Waals surface area contributed by atoms with Crippen LogP contribution in [0.5, 0.6) is 11.6 Å².